The van der Waals surface area contributed by atoms with Gasteiger partial charge in [0.25, 0.3) is 0 Å². The number of aromatic nitrogens is 3. The van der Waals surface area contributed by atoms with E-state index in [-0.39, 0.29) is 0 Å². The molecular formula is C39H27N3. The average Bonchev–Trinajstić information content (AvgIpc) is 3.39. The Balaban J connectivity index is 1.37. The van der Waals surface area contributed by atoms with Crippen LogP contribution in [0.2, 0.25) is 0 Å². The first kappa shape index (κ1) is 24.3. The predicted molar refractivity (Wildman–Crippen MR) is 175 cm³/mol. The van der Waals surface area contributed by atoms with Crippen LogP contribution in [0, 0.1) is 6.92 Å². The zero-order chi connectivity index (χ0) is 28.0. The van der Waals surface area contributed by atoms with E-state index in [1.165, 1.54) is 43.8 Å². The Morgan fingerprint density at radius 3 is 1.74 bits per heavy atom. The summed E-state index contributed by atoms with van der Waals surface area (Å²) < 4.78 is 2.23. The second-order valence-corrected chi connectivity index (χ2v) is 10.6. The summed E-state index contributed by atoms with van der Waals surface area (Å²) in [5.41, 5.74) is 10.2. The van der Waals surface area contributed by atoms with Gasteiger partial charge in [-0.1, -0.05) is 103 Å². The van der Waals surface area contributed by atoms with Crippen molar-refractivity contribution < 1.29 is 0 Å². The fraction of sp³-hybridized carbons (Fsp3) is 0.0256. The molecule has 6 aromatic carbocycles. The van der Waals surface area contributed by atoms with Crippen molar-refractivity contribution in [3.63, 3.8) is 0 Å². The Labute approximate surface area is 244 Å². The van der Waals surface area contributed by atoms with Gasteiger partial charge in [0.2, 0.25) is 0 Å². The van der Waals surface area contributed by atoms with Crippen LogP contribution in [0.3, 0.4) is 0 Å². The molecule has 0 fully saturated rings. The molecule has 0 unspecified atom stereocenters. The number of benzene rings is 6. The van der Waals surface area contributed by atoms with E-state index in [2.05, 4.69) is 139 Å². The summed E-state index contributed by atoms with van der Waals surface area (Å²) in [5, 5.41) is 4.93. The van der Waals surface area contributed by atoms with Gasteiger partial charge in [0, 0.05) is 17.4 Å². The molecule has 0 saturated heterocycles. The van der Waals surface area contributed by atoms with Crippen LogP contribution in [0.1, 0.15) is 5.82 Å². The van der Waals surface area contributed by atoms with Gasteiger partial charge in [0.15, 0.2) is 0 Å². The lowest BCUT2D eigenvalue weighted by molar-refractivity contribution is 1.00. The smallest absolute Gasteiger partial charge is 0.111 e. The normalized spacial score (nSPS) is 11.5. The van der Waals surface area contributed by atoms with Crippen molar-refractivity contribution in [3.8, 4) is 39.2 Å². The van der Waals surface area contributed by atoms with Crippen molar-refractivity contribution in [1.82, 2.24) is 14.5 Å². The molecule has 198 valence electrons. The lowest BCUT2D eigenvalue weighted by Gasteiger charge is -2.19. The topological polar surface area (TPSA) is 30.7 Å². The molecule has 3 heteroatoms. The maximum absolute atomic E-state index is 4.78. The number of nitrogens with zero attached hydrogens (tertiary/aromatic N) is 3. The van der Waals surface area contributed by atoms with Gasteiger partial charge in [-0.05, 0) is 87.1 Å². The molecule has 0 radical (unpaired) electrons. The van der Waals surface area contributed by atoms with Crippen molar-refractivity contribution in [3.05, 3.63) is 152 Å². The molecule has 2 heterocycles. The fourth-order valence-electron chi connectivity index (χ4n) is 6.43. The van der Waals surface area contributed by atoms with Gasteiger partial charge in [0.1, 0.15) is 5.82 Å². The van der Waals surface area contributed by atoms with Crippen molar-refractivity contribution >= 4 is 32.6 Å². The van der Waals surface area contributed by atoms with Crippen molar-refractivity contribution in [2.45, 2.75) is 6.92 Å². The minimum atomic E-state index is 0.975. The molecule has 0 amide bonds. The summed E-state index contributed by atoms with van der Waals surface area (Å²) in [6, 6.07) is 49.6. The number of hydrogen-bond acceptors (Lipinski definition) is 2. The van der Waals surface area contributed by atoms with E-state index >= 15 is 0 Å². The first-order chi connectivity index (χ1) is 20.8. The molecule has 0 bridgehead atoms. The molecule has 0 aliphatic rings. The number of imidazole rings is 1. The molecule has 42 heavy (non-hydrogen) atoms. The van der Waals surface area contributed by atoms with E-state index in [0.717, 1.165) is 33.8 Å². The molecule has 2 aromatic heterocycles. The maximum atomic E-state index is 4.78. The van der Waals surface area contributed by atoms with Gasteiger partial charge in [-0.2, -0.15) is 0 Å². The standard InChI is InChI=1S/C39H27N3/c1-26-41-36-19-8-9-20-37(36)42(26)28-23-21-27(22-24-28)38-31-14-4-6-16-33(31)39(34-17-7-5-15-32(34)38)30-13-3-2-12-29(30)35-18-10-11-25-40-35/h2-25H,1H3. The second-order valence-electron chi connectivity index (χ2n) is 10.6. The minimum absolute atomic E-state index is 0.975. The van der Waals surface area contributed by atoms with Gasteiger partial charge in [-0.15, -0.1) is 0 Å². The third-order valence-corrected chi connectivity index (χ3v) is 8.21. The zero-order valence-electron chi connectivity index (χ0n) is 23.2. The molecule has 0 atom stereocenters. The van der Waals surface area contributed by atoms with Crippen LogP contribution in [0.4, 0.5) is 0 Å². The van der Waals surface area contributed by atoms with E-state index in [9.17, 15) is 0 Å². The summed E-state index contributed by atoms with van der Waals surface area (Å²) in [6.07, 6.45) is 1.86. The summed E-state index contributed by atoms with van der Waals surface area (Å²) in [7, 11) is 0. The minimum Gasteiger partial charge on any atom is -0.297 e. The molecule has 8 aromatic rings. The number of para-hydroxylation sites is 2. The Morgan fingerprint density at radius 2 is 1.07 bits per heavy atom. The van der Waals surface area contributed by atoms with Gasteiger partial charge in [-0.3, -0.25) is 9.55 Å². The number of hydrogen-bond donors (Lipinski definition) is 0. The largest absolute Gasteiger partial charge is 0.297 e. The first-order valence-electron chi connectivity index (χ1n) is 14.3. The zero-order valence-corrected chi connectivity index (χ0v) is 23.2. The predicted octanol–water partition coefficient (Wildman–Crippen LogP) is 10.0. The molecule has 8 rings (SSSR count). The number of fused-ring (bicyclic) bond motifs is 3. The average molecular weight is 538 g/mol. The number of aryl methyl sites for hydroxylation is 1. The maximum Gasteiger partial charge on any atom is 0.111 e. The van der Waals surface area contributed by atoms with E-state index in [4.69, 9.17) is 9.97 Å². The van der Waals surface area contributed by atoms with Crippen LogP contribution in [-0.4, -0.2) is 14.5 Å². The van der Waals surface area contributed by atoms with Gasteiger partial charge in [-0.25, -0.2) is 4.98 Å². The molecule has 0 aliphatic heterocycles. The Hall–Kier alpha value is -5.54. The summed E-state index contributed by atoms with van der Waals surface area (Å²) in [4.78, 5) is 9.49. The molecule has 3 nitrogen and oxygen atoms in total. The van der Waals surface area contributed by atoms with E-state index < -0.39 is 0 Å². The summed E-state index contributed by atoms with van der Waals surface area (Å²) >= 11 is 0. The summed E-state index contributed by atoms with van der Waals surface area (Å²) in [6.45, 7) is 2.07. The van der Waals surface area contributed by atoms with Crippen LogP contribution in [0.5, 0.6) is 0 Å². The molecule has 0 N–H and O–H groups in total. The van der Waals surface area contributed by atoms with E-state index in [1.54, 1.807) is 0 Å². The summed E-state index contributed by atoms with van der Waals surface area (Å²) in [5.74, 6) is 0.982. The highest BCUT2D eigenvalue weighted by atomic mass is 15.1. The van der Waals surface area contributed by atoms with Gasteiger partial charge >= 0.3 is 0 Å². The van der Waals surface area contributed by atoms with Crippen molar-refractivity contribution in [2.24, 2.45) is 0 Å². The van der Waals surface area contributed by atoms with Crippen molar-refractivity contribution in [2.75, 3.05) is 0 Å². The van der Waals surface area contributed by atoms with E-state index in [1.807, 2.05) is 18.3 Å². The van der Waals surface area contributed by atoms with Gasteiger partial charge < -0.3 is 0 Å². The highest BCUT2D eigenvalue weighted by Gasteiger charge is 2.19. The van der Waals surface area contributed by atoms with E-state index in [0.29, 0.717) is 0 Å². The third kappa shape index (κ3) is 3.82. The number of rotatable bonds is 4. The highest BCUT2D eigenvalue weighted by molar-refractivity contribution is 6.22. The molecule has 0 saturated carbocycles. The molecule has 0 aliphatic carbocycles. The number of pyridine rings is 1. The SMILES string of the molecule is Cc1nc2ccccc2n1-c1ccc(-c2c3ccccc3c(-c3ccccc3-c3ccccn3)c3ccccc23)cc1. The van der Waals surface area contributed by atoms with Crippen LogP contribution in [0.25, 0.3) is 71.8 Å². The fourth-order valence-corrected chi connectivity index (χ4v) is 6.43. The van der Waals surface area contributed by atoms with Crippen LogP contribution in [-0.2, 0) is 0 Å². The molecular weight excluding hydrogens is 510 g/mol. The quantitative estimate of drug-likeness (QED) is 0.209. The second kappa shape index (κ2) is 9.83. The van der Waals surface area contributed by atoms with Crippen molar-refractivity contribution in [1.29, 1.82) is 0 Å². The Kier molecular flexibility index (Phi) is 5.68. The van der Waals surface area contributed by atoms with Gasteiger partial charge in [0.05, 0.1) is 16.7 Å². The monoisotopic (exact) mass is 537 g/mol. The first-order valence-corrected chi connectivity index (χ1v) is 14.3. The highest BCUT2D eigenvalue weighted by Crippen LogP contribution is 2.45. The van der Waals surface area contributed by atoms with Crippen LogP contribution >= 0.6 is 0 Å². The lowest BCUT2D eigenvalue weighted by atomic mass is 9.84. The molecule has 0 spiro atoms. The Bertz CT molecular complexity index is 2190. The third-order valence-electron chi connectivity index (χ3n) is 8.21. The van der Waals surface area contributed by atoms with Crippen LogP contribution in [0.15, 0.2) is 146 Å². The Morgan fingerprint density at radius 1 is 0.500 bits per heavy atom. The van der Waals surface area contributed by atoms with Crippen LogP contribution < -0.4 is 0 Å². The lowest BCUT2D eigenvalue weighted by Crippen LogP contribution is -1.97.